The fourth-order valence-electron chi connectivity index (χ4n) is 2.89. The number of hydrogen-bond acceptors (Lipinski definition) is 4. The zero-order valence-corrected chi connectivity index (χ0v) is 14.0. The molecule has 6 nitrogen and oxygen atoms in total. The average molecular weight is 341 g/mol. The van der Waals surface area contributed by atoms with Crippen LogP contribution in [-0.4, -0.2) is 48.1 Å². The Bertz CT molecular complexity index is 593. The lowest BCUT2D eigenvalue weighted by atomic mass is 10.0. The maximum absolute atomic E-state index is 12.3. The third-order valence-electron chi connectivity index (χ3n) is 4.21. The molecule has 1 aromatic rings. The van der Waals surface area contributed by atoms with Crippen LogP contribution in [0.1, 0.15) is 19.8 Å². The molecule has 2 N–H and O–H groups in total. The number of likely N-dealkylation sites (tertiary alicyclic amines) is 1. The highest BCUT2D eigenvalue weighted by Gasteiger charge is 2.37. The Hall–Kier alpha value is -1.95. The number of amides is 1. The van der Waals surface area contributed by atoms with Crippen LogP contribution in [0.3, 0.4) is 0 Å². The van der Waals surface area contributed by atoms with Crippen LogP contribution >= 0.6 is 11.6 Å². The lowest BCUT2D eigenvalue weighted by Crippen LogP contribution is -2.38. The van der Waals surface area contributed by atoms with Crippen LogP contribution in [0.25, 0.3) is 0 Å². The molecule has 0 saturated carbocycles. The molecule has 0 bridgehead atoms. The van der Waals surface area contributed by atoms with Gasteiger partial charge in [0.15, 0.2) is 0 Å². The number of carboxylic acids is 1. The van der Waals surface area contributed by atoms with Crippen molar-refractivity contribution in [2.75, 3.05) is 25.5 Å². The lowest BCUT2D eigenvalue weighted by molar-refractivity contribution is -0.143. The molecule has 7 heteroatoms. The van der Waals surface area contributed by atoms with Crippen molar-refractivity contribution in [1.82, 2.24) is 4.90 Å². The Kier molecular flexibility index (Phi) is 5.71. The molecular weight excluding hydrogens is 320 g/mol. The highest BCUT2D eigenvalue weighted by molar-refractivity contribution is 6.30. The molecule has 126 valence electrons. The summed E-state index contributed by atoms with van der Waals surface area (Å²) in [7, 11) is 1.57. The summed E-state index contributed by atoms with van der Waals surface area (Å²) in [5, 5.41) is 12.8. The Morgan fingerprint density at radius 1 is 1.48 bits per heavy atom. The third kappa shape index (κ3) is 4.07. The van der Waals surface area contributed by atoms with Crippen molar-refractivity contribution in [3.63, 3.8) is 0 Å². The first kappa shape index (κ1) is 17.4. The topological polar surface area (TPSA) is 78.9 Å². The average Bonchev–Trinajstić information content (AvgIpc) is 2.89. The maximum atomic E-state index is 12.3. The summed E-state index contributed by atoms with van der Waals surface area (Å²) >= 11 is 5.96. The van der Waals surface area contributed by atoms with E-state index >= 15 is 0 Å². The summed E-state index contributed by atoms with van der Waals surface area (Å²) in [6, 6.07) is 4.96. The zero-order valence-electron chi connectivity index (χ0n) is 13.2. The van der Waals surface area contributed by atoms with Crippen molar-refractivity contribution >= 4 is 29.2 Å². The molecule has 1 aromatic carbocycles. The van der Waals surface area contributed by atoms with Gasteiger partial charge in [0.05, 0.1) is 18.7 Å². The van der Waals surface area contributed by atoms with Crippen LogP contribution in [0.4, 0.5) is 5.69 Å². The summed E-state index contributed by atoms with van der Waals surface area (Å²) in [5.74, 6) is -0.702. The van der Waals surface area contributed by atoms with E-state index < -0.39 is 11.9 Å². The van der Waals surface area contributed by atoms with Crippen LogP contribution in [0, 0.1) is 5.92 Å². The van der Waals surface area contributed by atoms with Gasteiger partial charge in [0.1, 0.15) is 5.75 Å². The number of nitrogens with zero attached hydrogens (tertiary/aromatic N) is 1. The van der Waals surface area contributed by atoms with Crippen LogP contribution in [0.15, 0.2) is 18.2 Å². The Morgan fingerprint density at radius 3 is 2.83 bits per heavy atom. The molecule has 2 atom stereocenters. The van der Waals surface area contributed by atoms with E-state index in [0.717, 1.165) is 5.69 Å². The molecule has 2 rings (SSSR count). The molecule has 1 amide bonds. The number of halogens is 1. The number of ether oxygens (including phenoxy) is 1. The minimum Gasteiger partial charge on any atom is -0.495 e. The fraction of sp³-hybridized carbons (Fsp3) is 0.500. The number of carbonyl (C=O) groups is 2. The maximum Gasteiger partial charge on any atom is 0.308 e. The van der Waals surface area contributed by atoms with Gasteiger partial charge in [-0.25, -0.2) is 0 Å². The molecule has 1 saturated heterocycles. The van der Waals surface area contributed by atoms with E-state index in [0.29, 0.717) is 30.3 Å². The molecule has 1 aliphatic heterocycles. The molecule has 0 aliphatic carbocycles. The number of methoxy groups -OCH3 is 1. The highest BCUT2D eigenvalue weighted by atomic mass is 35.5. The van der Waals surface area contributed by atoms with Gasteiger partial charge in [-0.1, -0.05) is 11.6 Å². The number of carbonyl (C=O) groups excluding carboxylic acids is 1. The minimum absolute atomic E-state index is 0.0465. The second-order valence-electron chi connectivity index (χ2n) is 5.58. The van der Waals surface area contributed by atoms with E-state index in [-0.39, 0.29) is 18.4 Å². The summed E-state index contributed by atoms with van der Waals surface area (Å²) < 4.78 is 5.23. The van der Waals surface area contributed by atoms with E-state index in [9.17, 15) is 9.59 Å². The van der Waals surface area contributed by atoms with Crippen molar-refractivity contribution in [1.29, 1.82) is 0 Å². The van der Waals surface area contributed by atoms with E-state index in [4.69, 9.17) is 21.4 Å². The smallest absolute Gasteiger partial charge is 0.308 e. The zero-order chi connectivity index (χ0) is 17.0. The Labute approximate surface area is 140 Å². The number of rotatable bonds is 6. The number of aliphatic carboxylic acids is 1. The number of anilines is 1. The van der Waals surface area contributed by atoms with Crippen molar-refractivity contribution in [3.05, 3.63) is 23.2 Å². The van der Waals surface area contributed by atoms with Gasteiger partial charge < -0.3 is 20.1 Å². The first-order valence-corrected chi connectivity index (χ1v) is 7.91. The van der Waals surface area contributed by atoms with E-state index in [1.807, 2.05) is 0 Å². The SMILES string of the molecule is COc1ccc(Cl)cc1NCCC(=O)N1CCC(C(=O)O)C1C. The van der Waals surface area contributed by atoms with Crippen molar-refractivity contribution < 1.29 is 19.4 Å². The number of nitrogens with one attached hydrogen (secondary N) is 1. The molecule has 23 heavy (non-hydrogen) atoms. The van der Waals surface area contributed by atoms with Crippen LogP contribution < -0.4 is 10.1 Å². The van der Waals surface area contributed by atoms with Crippen LogP contribution in [0.5, 0.6) is 5.75 Å². The molecule has 0 spiro atoms. The Morgan fingerprint density at radius 2 is 2.22 bits per heavy atom. The molecule has 0 radical (unpaired) electrons. The van der Waals surface area contributed by atoms with Gasteiger partial charge in [-0.2, -0.15) is 0 Å². The molecule has 1 aliphatic rings. The van der Waals surface area contributed by atoms with E-state index in [1.54, 1.807) is 37.1 Å². The lowest BCUT2D eigenvalue weighted by Gasteiger charge is -2.23. The van der Waals surface area contributed by atoms with Crippen molar-refractivity contribution in [3.8, 4) is 5.75 Å². The second-order valence-corrected chi connectivity index (χ2v) is 6.02. The van der Waals surface area contributed by atoms with Gasteiger partial charge in [0.25, 0.3) is 0 Å². The standard InChI is InChI=1S/C16H21ClN2O4/c1-10-12(16(21)22)6-8-19(10)15(20)5-7-18-13-9-11(17)3-4-14(13)23-2/h3-4,9-10,12,18H,5-8H2,1-2H3,(H,21,22). The van der Waals surface area contributed by atoms with Gasteiger partial charge >= 0.3 is 5.97 Å². The van der Waals surface area contributed by atoms with E-state index in [1.165, 1.54) is 0 Å². The summed E-state index contributed by atoms with van der Waals surface area (Å²) in [4.78, 5) is 25.0. The molecule has 0 aromatic heterocycles. The van der Waals surface area contributed by atoms with Crippen LogP contribution in [-0.2, 0) is 9.59 Å². The monoisotopic (exact) mass is 340 g/mol. The summed E-state index contributed by atoms with van der Waals surface area (Å²) in [5.41, 5.74) is 0.727. The highest BCUT2D eigenvalue weighted by Crippen LogP contribution is 2.28. The van der Waals surface area contributed by atoms with Gasteiger partial charge in [0.2, 0.25) is 5.91 Å². The predicted molar refractivity (Wildman–Crippen MR) is 88.0 cm³/mol. The van der Waals surface area contributed by atoms with Crippen molar-refractivity contribution in [2.24, 2.45) is 5.92 Å². The first-order chi connectivity index (χ1) is 10.9. The van der Waals surface area contributed by atoms with Gasteiger partial charge in [-0.15, -0.1) is 0 Å². The predicted octanol–water partition coefficient (Wildman–Crippen LogP) is 2.47. The fourth-order valence-corrected chi connectivity index (χ4v) is 3.06. The quantitative estimate of drug-likeness (QED) is 0.831. The largest absolute Gasteiger partial charge is 0.495 e. The number of hydrogen-bond donors (Lipinski definition) is 2. The van der Waals surface area contributed by atoms with Crippen molar-refractivity contribution in [2.45, 2.75) is 25.8 Å². The van der Waals surface area contributed by atoms with E-state index in [2.05, 4.69) is 5.32 Å². The van der Waals surface area contributed by atoms with Crippen LogP contribution in [0.2, 0.25) is 5.02 Å². The molecule has 1 heterocycles. The molecule has 1 fully saturated rings. The van der Waals surface area contributed by atoms with Gasteiger partial charge in [0, 0.05) is 30.6 Å². The van der Waals surface area contributed by atoms with Gasteiger partial charge in [-0.3, -0.25) is 9.59 Å². The van der Waals surface area contributed by atoms with Gasteiger partial charge in [-0.05, 0) is 31.5 Å². The summed E-state index contributed by atoms with van der Waals surface area (Å²) in [6.07, 6.45) is 0.796. The molecule has 2 unspecified atom stereocenters. The number of benzene rings is 1. The third-order valence-corrected chi connectivity index (χ3v) is 4.44. The normalized spacial score (nSPS) is 20.4. The second kappa shape index (κ2) is 7.55. The Balaban J connectivity index is 1.88. The molecular formula is C16H21ClN2O4. The minimum atomic E-state index is -0.838. The summed E-state index contributed by atoms with van der Waals surface area (Å²) in [6.45, 7) is 2.71. The first-order valence-electron chi connectivity index (χ1n) is 7.53. The number of carboxylic acid groups (broad SMARTS) is 1.